The zero-order valence-electron chi connectivity index (χ0n) is 15.0. The Balaban J connectivity index is 1.33. The number of likely N-dealkylation sites (tertiary alicyclic amines) is 2. The first-order valence-corrected chi connectivity index (χ1v) is 9.07. The van der Waals surface area contributed by atoms with Gasteiger partial charge in [-0.15, -0.1) is 0 Å². The van der Waals surface area contributed by atoms with E-state index in [1.807, 2.05) is 22.8 Å². The quantitative estimate of drug-likeness (QED) is 0.799. The van der Waals surface area contributed by atoms with Crippen LogP contribution in [0.1, 0.15) is 18.9 Å². The van der Waals surface area contributed by atoms with E-state index in [9.17, 15) is 9.59 Å². The monoisotopic (exact) mass is 346 g/mol. The van der Waals surface area contributed by atoms with Gasteiger partial charge in [0.25, 0.3) is 0 Å². The van der Waals surface area contributed by atoms with Crippen molar-refractivity contribution in [1.29, 1.82) is 0 Å². The van der Waals surface area contributed by atoms with Gasteiger partial charge in [-0.05, 0) is 26.4 Å². The maximum Gasteiger partial charge on any atom is 0.324 e. The number of rotatable bonds is 3. The van der Waals surface area contributed by atoms with Gasteiger partial charge in [-0.1, -0.05) is 0 Å². The molecule has 0 N–H and O–H groups in total. The zero-order chi connectivity index (χ0) is 17.6. The van der Waals surface area contributed by atoms with Crippen molar-refractivity contribution in [1.82, 2.24) is 24.5 Å². The van der Waals surface area contributed by atoms with Gasteiger partial charge in [0.2, 0.25) is 5.91 Å². The molecular weight excluding hydrogens is 320 g/mol. The molecule has 3 fully saturated rings. The fourth-order valence-electron chi connectivity index (χ4n) is 3.98. The molecule has 3 saturated heterocycles. The van der Waals surface area contributed by atoms with Gasteiger partial charge in [0.05, 0.1) is 23.8 Å². The van der Waals surface area contributed by atoms with Crippen molar-refractivity contribution in [3.8, 4) is 0 Å². The molecule has 1 aromatic rings. The molecule has 0 aliphatic carbocycles. The molecule has 0 aromatic carbocycles. The molecule has 8 nitrogen and oxygen atoms in total. The van der Waals surface area contributed by atoms with Crippen LogP contribution in [0.15, 0.2) is 12.4 Å². The summed E-state index contributed by atoms with van der Waals surface area (Å²) in [6.45, 7) is 4.84. The highest BCUT2D eigenvalue weighted by Gasteiger charge is 2.37. The van der Waals surface area contributed by atoms with Crippen LogP contribution >= 0.6 is 0 Å². The number of anilines is 1. The van der Waals surface area contributed by atoms with Crippen LogP contribution in [-0.2, 0) is 4.79 Å². The average molecular weight is 346 g/mol. The average Bonchev–Trinajstić information content (AvgIpc) is 3.14. The van der Waals surface area contributed by atoms with Gasteiger partial charge in [-0.25, -0.2) is 4.79 Å². The number of carbonyl (C=O) groups excluding carboxylic acids is 2. The summed E-state index contributed by atoms with van der Waals surface area (Å²) in [6, 6.07) is 0.237. The molecule has 1 atom stereocenters. The molecule has 1 unspecified atom stereocenters. The van der Waals surface area contributed by atoms with Crippen LogP contribution in [0, 0.1) is 5.92 Å². The van der Waals surface area contributed by atoms with Gasteiger partial charge in [0.1, 0.15) is 0 Å². The van der Waals surface area contributed by atoms with Crippen LogP contribution in [0.5, 0.6) is 0 Å². The summed E-state index contributed by atoms with van der Waals surface area (Å²) in [5.41, 5.74) is 0.841. The molecule has 0 spiro atoms. The van der Waals surface area contributed by atoms with Crippen LogP contribution < -0.4 is 4.90 Å². The Bertz CT molecular complexity index is 668. The van der Waals surface area contributed by atoms with E-state index in [0.717, 1.165) is 38.2 Å². The predicted molar refractivity (Wildman–Crippen MR) is 93.4 cm³/mol. The van der Waals surface area contributed by atoms with Crippen molar-refractivity contribution in [3.63, 3.8) is 0 Å². The molecular formula is C17H26N6O2. The lowest BCUT2D eigenvalue weighted by atomic mass is 9.95. The van der Waals surface area contributed by atoms with E-state index in [4.69, 9.17) is 0 Å². The van der Waals surface area contributed by atoms with Gasteiger partial charge >= 0.3 is 6.03 Å². The number of hydrogen-bond donors (Lipinski definition) is 0. The summed E-state index contributed by atoms with van der Waals surface area (Å²) in [4.78, 5) is 32.3. The first kappa shape index (κ1) is 16.4. The highest BCUT2D eigenvalue weighted by atomic mass is 16.2. The van der Waals surface area contributed by atoms with Gasteiger partial charge < -0.3 is 14.7 Å². The van der Waals surface area contributed by atoms with Crippen LogP contribution in [-0.4, -0.2) is 89.8 Å². The Morgan fingerprint density at radius 1 is 1.16 bits per heavy atom. The minimum Gasteiger partial charge on any atom is -0.338 e. The SMILES string of the molecule is CN1CCCC(C(=O)N2CC(n3cc(N4CCN(C)C4=O)cn3)C2)C1. The summed E-state index contributed by atoms with van der Waals surface area (Å²) in [5.74, 6) is 0.428. The Hall–Kier alpha value is -2.09. The van der Waals surface area contributed by atoms with Crippen LogP contribution in [0.3, 0.4) is 0 Å². The minimum absolute atomic E-state index is 0.0198. The first-order valence-electron chi connectivity index (χ1n) is 9.07. The number of piperidine rings is 1. The van der Waals surface area contributed by atoms with Crippen molar-refractivity contribution in [2.24, 2.45) is 5.92 Å². The summed E-state index contributed by atoms with van der Waals surface area (Å²) in [5, 5.41) is 4.42. The third kappa shape index (κ3) is 2.99. The second-order valence-electron chi connectivity index (χ2n) is 7.53. The van der Waals surface area contributed by atoms with Crippen LogP contribution in [0.2, 0.25) is 0 Å². The fraction of sp³-hybridized carbons (Fsp3) is 0.706. The molecule has 4 heterocycles. The lowest BCUT2D eigenvalue weighted by Crippen LogP contribution is -2.54. The lowest BCUT2D eigenvalue weighted by molar-refractivity contribution is -0.143. The van der Waals surface area contributed by atoms with E-state index in [2.05, 4.69) is 17.0 Å². The van der Waals surface area contributed by atoms with Crippen molar-refractivity contribution >= 4 is 17.6 Å². The van der Waals surface area contributed by atoms with E-state index in [-0.39, 0.29) is 23.9 Å². The predicted octanol–water partition coefficient (Wildman–Crippen LogP) is 0.480. The smallest absolute Gasteiger partial charge is 0.324 e. The van der Waals surface area contributed by atoms with E-state index in [0.29, 0.717) is 19.6 Å². The third-order valence-electron chi connectivity index (χ3n) is 5.64. The minimum atomic E-state index is 0.0198. The van der Waals surface area contributed by atoms with Gasteiger partial charge in [0, 0.05) is 46.0 Å². The summed E-state index contributed by atoms with van der Waals surface area (Å²) >= 11 is 0. The van der Waals surface area contributed by atoms with Crippen molar-refractivity contribution in [2.75, 3.05) is 58.3 Å². The molecule has 25 heavy (non-hydrogen) atoms. The number of carbonyl (C=O) groups is 2. The van der Waals surface area contributed by atoms with E-state index in [1.54, 1.807) is 16.0 Å². The molecule has 0 radical (unpaired) electrons. The van der Waals surface area contributed by atoms with Crippen LogP contribution in [0.4, 0.5) is 10.5 Å². The van der Waals surface area contributed by atoms with Crippen LogP contribution in [0.25, 0.3) is 0 Å². The van der Waals surface area contributed by atoms with Crippen molar-refractivity contribution in [2.45, 2.75) is 18.9 Å². The number of hydrogen-bond acceptors (Lipinski definition) is 4. The lowest BCUT2D eigenvalue weighted by Gasteiger charge is -2.42. The number of aromatic nitrogens is 2. The van der Waals surface area contributed by atoms with E-state index >= 15 is 0 Å². The molecule has 3 aliphatic heterocycles. The van der Waals surface area contributed by atoms with Crippen molar-refractivity contribution in [3.05, 3.63) is 12.4 Å². The molecule has 3 aliphatic rings. The van der Waals surface area contributed by atoms with Crippen molar-refractivity contribution < 1.29 is 9.59 Å². The standard InChI is InChI=1S/C17H26N6O2/c1-19-5-3-4-13(9-19)16(24)21-10-15(11-21)23-12-14(8-18-23)22-7-6-20(2)17(22)25/h8,12-13,15H,3-7,9-11H2,1-2H3. The van der Waals surface area contributed by atoms with E-state index in [1.165, 1.54) is 0 Å². The topological polar surface area (TPSA) is 64.9 Å². The maximum atomic E-state index is 12.6. The molecule has 0 saturated carbocycles. The second-order valence-corrected chi connectivity index (χ2v) is 7.53. The Kier molecular flexibility index (Phi) is 4.15. The molecule has 3 amide bonds. The normalized spacial score (nSPS) is 25.6. The Morgan fingerprint density at radius 3 is 2.64 bits per heavy atom. The highest BCUT2D eigenvalue weighted by molar-refractivity contribution is 5.93. The first-order chi connectivity index (χ1) is 12.0. The van der Waals surface area contributed by atoms with Gasteiger partial charge in [-0.2, -0.15) is 5.10 Å². The van der Waals surface area contributed by atoms with Gasteiger partial charge in [0.15, 0.2) is 0 Å². The number of amides is 3. The second kappa shape index (κ2) is 6.33. The molecule has 8 heteroatoms. The number of nitrogens with zero attached hydrogens (tertiary/aromatic N) is 6. The Labute approximate surface area is 147 Å². The molecule has 4 rings (SSSR count). The third-order valence-corrected chi connectivity index (χ3v) is 5.64. The summed E-state index contributed by atoms with van der Waals surface area (Å²) < 4.78 is 1.90. The molecule has 136 valence electrons. The summed E-state index contributed by atoms with van der Waals surface area (Å²) in [7, 11) is 3.89. The molecule has 1 aromatic heterocycles. The fourth-order valence-corrected chi connectivity index (χ4v) is 3.98. The number of likely N-dealkylation sites (N-methyl/N-ethyl adjacent to an activating group) is 1. The van der Waals surface area contributed by atoms with Gasteiger partial charge in [-0.3, -0.25) is 14.4 Å². The Morgan fingerprint density at radius 2 is 1.96 bits per heavy atom. The number of urea groups is 1. The zero-order valence-corrected chi connectivity index (χ0v) is 15.0. The largest absolute Gasteiger partial charge is 0.338 e. The van der Waals surface area contributed by atoms with E-state index < -0.39 is 0 Å². The summed E-state index contributed by atoms with van der Waals surface area (Å²) in [6.07, 6.45) is 5.78. The highest BCUT2D eigenvalue weighted by Crippen LogP contribution is 2.28. The molecule has 0 bridgehead atoms. The maximum absolute atomic E-state index is 12.6.